The van der Waals surface area contributed by atoms with E-state index >= 15 is 0 Å². The molecule has 4 rings (SSSR count). The van der Waals surface area contributed by atoms with E-state index < -0.39 is 21.6 Å². The number of halogens is 3. The Bertz CT molecular complexity index is 1440. The number of benzene rings is 2. The van der Waals surface area contributed by atoms with Crippen molar-refractivity contribution < 1.29 is 26.3 Å². The van der Waals surface area contributed by atoms with Crippen LogP contribution >= 0.6 is 0 Å². The van der Waals surface area contributed by atoms with Gasteiger partial charge in [-0.3, -0.25) is 4.40 Å². The van der Waals surface area contributed by atoms with Crippen LogP contribution in [0.5, 0.6) is 11.5 Å². The van der Waals surface area contributed by atoms with Crippen molar-refractivity contribution in [2.24, 2.45) is 0 Å². The number of aromatic nitrogens is 2. The molecule has 0 aliphatic heterocycles. The Kier molecular flexibility index (Phi) is 5.12. The molecule has 0 aliphatic rings. The summed E-state index contributed by atoms with van der Waals surface area (Å²) in [6.45, 7) is 1.63. The number of nitrogens with zero attached hydrogens (tertiary/aromatic N) is 2. The molecule has 0 amide bonds. The number of pyridine rings is 1. The highest BCUT2D eigenvalue weighted by Crippen LogP contribution is 2.36. The minimum absolute atomic E-state index is 0.0523. The molecule has 10 heteroatoms. The van der Waals surface area contributed by atoms with Crippen LogP contribution in [0.25, 0.3) is 16.9 Å². The van der Waals surface area contributed by atoms with Crippen molar-refractivity contribution in [1.29, 1.82) is 0 Å². The van der Waals surface area contributed by atoms with Gasteiger partial charge in [0.2, 0.25) is 0 Å². The zero-order valence-electron chi connectivity index (χ0n) is 17.0. The third-order valence-corrected chi connectivity index (χ3v) is 6.01. The Morgan fingerprint density at radius 2 is 1.75 bits per heavy atom. The molecule has 0 atom stereocenters. The summed E-state index contributed by atoms with van der Waals surface area (Å²) in [6.07, 6.45) is -1.97. The van der Waals surface area contributed by atoms with Crippen LogP contribution in [0.1, 0.15) is 11.3 Å². The predicted molar refractivity (Wildman–Crippen MR) is 114 cm³/mol. The monoisotopic (exact) mass is 461 g/mol. The van der Waals surface area contributed by atoms with Gasteiger partial charge in [0.05, 0.1) is 27.5 Å². The number of nitrogen functional groups attached to an aromatic ring is 1. The van der Waals surface area contributed by atoms with Gasteiger partial charge in [0.15, 0.2) is 9.84 Å². The molecule has 2 heterocycles. The average Bonchev–Trinajstić information content (AvgIpc) is 3.03. The Balaban J connectivity index is 1.77. The third-order valence-electron chi connectivity index (χ3n) is 4.86. The molecule has 0 fully saturated rings. The maximum atomic E-state index is 13.4. The molecule has 4 aromatic rings. The van der Waals surface area contributed by atoms with Crippen molar-refractivity contribution in [3.05, 3.63) is 72.1 Å². The van der Waals surface area contributed by atoms with Crippen LogP contribution in [0, 0.1) is 6.92 Å². The number of fused-ring (bicyclic) bond motifs is 1. The molecule has 6 nitrogen and oxygen atoms in total. The molecule has 0 saturated carbocycles. The standard InChI is InChI=1S/C22H18F3N3O3S/c1-13-20(28-10-4-7-17(21(28)27-13)22(23,24)25)14-5-3-6-15(11-14)31-16-8-9-18(26)19(12-16)32(2,29)30/h3-12H,26H2,1-2H3. The van der Waals surface area contributed by atoms with E-state index in [2.05, 4.69) is 4.98 Å². The normalized spacial score (nSPS) is 12.3. The first kappa shape index (κ1) is 21.7. The van der Waals surface area contributed by atoms with Gasteiger partial charge in [-0.2, -0.15) is 13.2 Å². The Hall–Kier alpha value is -3.53. The van der Waals surface area contributed by atoms with Gasteiger partial charge >= 0.3 is 6.18 Å². The van der Waals surface area contributed by atoms with Crippen LogP contribution in [0.3, 0.4) is 0 Å². The maximum Gasteiger partial charge on any atom is 0.419 e. The summed E-state index contributed by atoms with van der Waals surface area (Å²) in [5, 5.41) is 0. The molecule has 2 aromatic heterocycles. The summed E-state index contributed by atoms with van der Waals surface area (Å²) in [5.74, 6) is 0.624. The van der Waals surface area contributed by atoms with Gasteiger partial charge in [-0.05, 0) is 43.3 Å². The molecule has 2 N–H and O–H groups in total. The van der Waals surface area contributed by atoms with Crippen LogP contribution in [0.4, 0.5) is 18.9 Å². The van der Waals surface area contributed by atoms with Crippen molar-refractivity contribution >= 4 is 21.2 Å². The lowest BCUT2D eigenvalue weighted by atomic mass is 10.1. The van der Waals surface area contributed by atoms with E-state index in [9.17, 15) is 21.6 Å². The summed E-state index contributed by atoms with van der Waals surface area (Å²) >= 11 is 0. The van der Waals surface area contributed by atoms with Crippen molar-refractivity contribution in [2.75, 3.05) is 12.0 Å². The SMILES string of the molecule is Cc1nc2c(C(F)(F)F)cccn2c1-c1cccc(Oc2ccc(N)c(S(C)(=O)=O)c2)c1. The van der Waals surface area contributed by atoms with Crippen LogP contribution in [0.2, 0.25) is 0 Å². The second-order valence-corrected chi connectivity index (χ2v) is 9.24. The predicted octanol–water partition coefficient (Wildman–Crippen LogP) is 5.11. The molecule has 0 aliphatic carbocycles. The lowest BCUT2D eigenvalue weighted by molar-refractivity contribution is -0.136. The number of alkyl halides is 3. The quantitative estimate of drug-likeness (QED) is 0.427. The smallest absolute Gasteiger partial charge is 0.419 e. The minimum Gasteiger partial charge on any atom is -0.457 e. The highest BCUT2D eigenvalue weighted by molar-refractivity contribution is 7.90. The van der Waals surface area contributed by atoms with E-state index in [0.717, 1.165) is 12.3 Å². The lowest BCUT2D eigenvalue weighted by Gasteiger charge is -2.11. The van der Waals surface area contributed by atoms with Crippen LogP contribution in [0.15, 0.2) is 65.7 Å². The molecule has 0 radical (unpaired) electrons. The molecule has 0 spiro atoms. The highest BCUT2D eigenvalue weighted by atomic mass is 32.2. The summed E-state index contributed by atoms with van der Waals surface area (Å²) in [4.78, 5) is 4.09. The first-order valence-corrected chi connectivity index (χ1v) is 11.3. The molecule has 166 valence electrons. The van der Waals surface area contributed by atoms with E-state index in [-0.39, 0.29) is 22.0 Å². The maximum absolute atomic E-state index is 13.4. The number of rotatable bonds is 4. The summed E-state index contributed by atoms with van der Waals surface area (Å²) in [5.41, 5.74) is 6.35. The zero-order valence-corrected chi connectivity index (χ0v) is 17.8. The number of nitrogens with two attached hydrogens (primary N) is 1. The molecular weight excluding hydrogens is 443 g/mol. The first-order valence-electron chi connectivity index (χ1n) is 9.38. The number of ether oxygens (including phenoxy) is 1. The number of aryl methyl sites for hydroxylation is 1. The van der Waals surface area contributed by atoms with Gasteiger partial charge in [-0.15, -0.1) is 0 Å². The van der Waals surface area contributed by atoms with E-state index in [1.807, 2.05) is 0 Å². The van der Waals surface area contributed by atoms with E-state index in [1.54, 1.807) is 31.2 Å². The molecule has 0 saturated heterocycles. The van der Waals surface area contributed by atoms with Crippen molar-refractivity contribution in [1.82, 2.24) is 9.38 Å². The average molecular weight is 461 g/mol. The van der Waals surface area contributed by atoms with Crippen molar-refractivity contribution in [3.8, 4) is 22.8 Å². The van der Waals surface area contributed by atoms with Gasteiger partial charge in [-0.25, -0.2) is 13.4 Å². The fourth-order valence-electron chi connectivity index (χ4n) is 3.49. The van der Waals surface area contributed by atoms with Crippen LogP contribution in [-0.4, -0.2) is 24.1 Å². The van der Waals surface area contributed by atoms with Gasteiger partial charge in [0, 0.05) is 24.1 Å². The topological polar surface area (TPSA) is 86.7 Å². The van der Waals surface area contributed by atoms with Gasteiger partial charge in [0.1, 0.15) is 17.1 Å². The van der Waals surface area contributed by atoms with Crippen LogP contribution in [-0.2, 0) is 16.0 Å². The highest BCUT2D eigenvalue weighted by Gasteiger charge is 2.34. The molecule has 0 unspecified atom stereocenters. The van der Waals surface area contributed by atoms with E-state index in [1.165, 1.54) is 34.9 Å². The van der Waals surface area contributed by atoms with Crippen molar-refractivity contribution in [2.45, 2.75) is 18.0 Å². The summed E-state index contributed by atoms with van der Waals surface area (Å²) in [6, 6.07) is 13.3. The number of hydrogen-bond acceptors (Lipinski definition) is 5. The van der Waals surface area contributed by atoms with Gasteiger partial charge in [-0.1, -0.05) is 12.1 Å². The fraction of sp³-hybridized carbons (Fsp3) is 0.136. The number of hydrogen-bond donors (Lipinski definition) is 1. The van der Waals surface area contributed by atoms with Crippen LogP contribution < -0.4 is 10.5 Å². The second kappa shape index (κ2) is 7.56. The zero-order chi connectivity index (χ0) is 23.3. The molecule has 0 bridgehead atoms. The Labute approximate surface area is 182 Å². The second-order valence-electron chi connectivity index (χ2n) is 7.26. The van der Waals surface area contributed by atoms with E-state index in [0.29, 0.717) is 22.7 Å². The number of anilines is 1. The van der Waals surface area contributed by atoms with E-state index in [4.69, 9.17) is 10.5 Å². The van der Waals surface area contributed by atoms with Gasteiger partial charge < -0.3 is 10.5 Å². The lowest BCUT2D eigenvalue weighted by Crippen LogP contribution is -2.07. The largest absolute Gasteiger partial charge is 0.457 e. The number of sulfone groups is 1. The number of imidazole rings is 1. The Morgan fingerprint density at radius 3 is 2.44 bits per heavy atom. The fourth-order valence-corrected chi connectivity index (χ4v) is 4.32. The van der Waals surface area contributed by atoms with Crippen molar-refractivity contribution in [3.63, 3.8) is 0 Å². The third kappa shape index (κ3) is 4.01. The molecular formula is C22H18F3N3O3S. The Morgan fingerprint density at radius 1 is 1.03 bits per heavy atom. The summed E-state index contributed by atoms with van der Waals surface area (Å²) in [7, 11) is -3.55. The summed E-state index contributed by atoms with van der Waals surface area (Å²) < 4.78 is 71.2. The first-order chi connectivity index (χ1) is 14.9. The van der Waals surface area contributed by atoms with Gasteiger partial charge in [0.25, 0.3) is 0 Å². The molecule has 32 heavy (non-hydrogen) atoms. The molecule has 2 aromatic carbocycles. The minimum atomic E-state index is -4.53.